The van der Waals surface area contributed by atoms with E-state index < -0.39 is 0 Å². The van der Waals surface area contributed by atoms with Crippen molar-refractivity contribution in [2.75, 3.05) is 25.0 Å². The molecular formula is C40H41N7O2. The predicted octanol–water partition coefficient (Wildman–Crippen LogP) is 7.65. The molecule has 1 aliphatic heterocycles. The zero-order valence-corrected chi connectivity index (χ0v) is 28.4. The van der Waals surface area contributed by atoms with Crippen LogP contribution in [0, 0.1) is 31.1 Å². The van der Waals surface area contributed by atoms with Gasteiger partial charge >= 0.3 is 0 Å². The van der Waals surface area contributed by atoms with Crippen molar-refractivity contribution in [2.24, 2.45) is 5.92 Å². The molecule has 7 rings (SSSR count). The van der Waals surface area contributed by atoms with Crippen molar-refractivity contribution in [3.05, 3.63) is 101 Å². The van der Waals surface area contributed by atoms with Gasteiger partial charge in [0, 0.05) is 54.7 Å². The second-order valence-electron chi connectivity index (χ2n) is 13.4. The lowest BCUT2D eigenvalue weighted by Gasteiger charge is -2.16. The van der Waals surface area contributed by atoms with Gasteiger partial charge < -0.3 is 20.2 Å². The summed E-state index contributed by atoms with van der Waals surface area (Å²) in [5.74, 6) is 1.89. The van der Waals surface area contributed by atoms with Gasteiger partial charge in [-0.25, -0.2) is 9.97 Å². The lowest BCUT2D eigenvalue weighted by atomic mass is 9.93. The van der Waals surface area contributed by atoms with E-state index in [-0.39, 0.29) is 12.6 Å². The highest BCUT2D eigenvalue weighted by atomic mass is 16.3. The van der Waals surface area contributed by atoms with Gasteiger partial charge in [-0.3, -0.25) is 9.88 Å². The largest absolute Gasteiger partial charge is 0.435 e. The summed E-state index contributed by atoms with van der Waals surface area (Å²) in [5, 5.41) is 27.2. The third kappa shape index (κ3) is 6.63. The molecule has 0 spiro atoms. The first-order valence-corrected chi connectivity index (χ1v) is 16.9. The quantitative estimate of drug-likeness (QED) is 0.137. The number of likely N-dealkylation sites (tertiary alicyclic amines) is 1. The van der Waals surface area contributed by atoms with Crippen LogP contribution in [0.2, 0.25) is 0 Å². The first-order chi connectivity index (χ1) is 23.8. The van der Waals surface area contributed by atoms with E-state index in [1.807, 2.05) is 43.5 Å². The van der Waals surface area contributed by atoms with Crippen LogP contribution in [0.4, 0.5) is 11.5 Å². The van der Waals surface area contributed by atoms with Gasteiger partial charge in [-0.15, -0.1) is 0 Å². The van der Waals surface area contributed by atoms with E-state index in [0.29, 0.717) is 40.8 Å². The van der Waals surface area contributed by atoms with E-state index in [9.17, 15) is 10.4 Å². The summed E-state index contributed by atoms with van der Waals surface area (Å²) in [4.78, 5) is 16.7. The Bertz CT molecular complexity index is 2200. The molecule has 49 heavy (non-hydrogen) atoms. The normalized spacial score (nSPS) is 15.6. The second-order valence-corrected chi connectivity index (χ2v) is 13.4. The van der Waals surface area contributed by atoms with Crippen LogP contribution in [0.25, 0.3) is 44.6 Å². The fraction of sp³-hybridized carbons (Fsp3) is 0.300. The van der Waals surface area contributed by atoms with Gasteiger partial charge in [0.15, 0.2) is 11.4 Å². The number of aliphatic hydroxyl groups excluding tert-OH is 1. The molecule has 0 saturated carbocycles. The minimum atomic E-state index is 0.0122. The Kier molecular flexibility index (Phi) is 9.11. The van der Waals surface area contributed by atoms with E-state index in [1.165, 1.54) is 6.42 Å². The monoisotopic (exact) mass is 651 g/mol. The topological polar surface area (TPSA) is 123 Å². The molecular weight excluding hydrogens is 610 g/mol. The van der Waals surface area contributed by atoms with Crippen molar-refractivity contribution in [1.82, 2.24) is 25.2 Å². The maximum Gasteiger partial charge on any atom is 0.227 e. The maximum atomic E-state index is 10.00. The van der Waals surface area contributed by atoms with Gasteiger partial charge in [-0.05, 0) is 109 Å². The predicted molar refractivity (Wildman–Crippen MR) is 194 cm³/mol. The number of anilines is 2. The van der Waals surface area contributed by atoms with E-state index in [4.69, 9.17) is 14.4 Å². The Hall–Kier alpha value is -5.14. The van der Waals surface area contributed by atoms with Gasteiger partial charge in [0.05, 0.1) is 12.2 Å². The minimum Gasteiger partial charge on any atom is -0.435 e. The standard InChI is InChI=1S/C40H41N7O2/c1-24-12-14-47(21-24)22-28-15-31(18-41)38-36(17-28)46-40(49-38)34-9-5-7-32(26(34)3)33-8-6-10-35(27(33)4)45-39-37-30(11-13-42-39)16-29(20-44-37)19-43-25(2)23-48/h5-11,13,15-17,20,24-25,43,48H,12,14,19,21-23H2,1-4H3,(H,42,45)/t24-,25+/m1/s1. The molecule has 3 aromatic carbocycles. The number of fused-ring (bicyclic) bond motifs is 2. The molecule has 9 nitrogen and oxygen atoms in total. The third-order valence-electron chi connectivity index (χ3n) is 9.61. The Balaban J connectivity index is 1.18. The average Bonchev–Trinajstić information content (AvgIpc) is 3.73. The summed E-state index contributed by atoms with van der Waals surface area (Å²) in [5.41, 5.74) is 10.8. The van der Waals surface area contributed by atoms with Crippen molar-refractivity contribution >= 4 is 33.5 Å². The second kappa shape index (κ2) is 13.8. The van der Waals surface area contributed by atoms with Crippen LogP contribution in [-0.4, -0.2) is 50.7 Å². The molecule has 9 heteroatoms. The summed E-state index contributed by atoms with van der Waals surface area (Å²) in [6.45, 7) is 12.1. The number of nitriles is 1. The number of hydrogen-bond acceptors (Lipinski definition) is 9. The van der Waals surface area contributed by atoms with Gasteiger partial charge in [-0.1, -0.05) is 31.2 Å². The van der Waals surface area contributed by atoms with Crippen molar-refractivity contribution in [2.45, 2.75) is 53.2 Å². The fourth-order valence-corrected chi connectivity index (χ4v) is 6.81. The van der Waals surface area contributed by atoms with Crippen molar-refractivity contribution < 1.29 is 9.52 Å². The van der Waals surface area contributed by atoms with Gasteiger partial charge in [-0.2, -0.15) is 5.26 Å². The van der Waals surface area contributed by atoms with Gasteiger partial charge in [0.1, 0.15) is 17.1 Å². The average molecular weight is 652 g/mol. The first kappa shape index (κ1) is 32.4. The Morgan fingerprint density at radius 3 is 2.59 bits per heavy atom. The number of pyridine rings is 2. The molecule has 1 aliphatic rings. The molecule has 1 saturated heterocycles. The molecule has 1 fully saturated rings. The molecule has 2 atom stereocenters. The first-order valence-electron chi connectivity index (χ1n) is 16.9. The Morgan fingerprint density at radius 2 is 1.82 bits per heavy atom. The smallest absolute Gasteiger partial charge is 0.227 e. The third-order valence-corrected chi connectivity index (χ3v) is 9.61. The van der Waals surface area contributed by atoms with E-state index in [2.05, 4.69) is 77.7 Å². The molecule has 0 amide bonds. The molecule has 0 unspecified atom stereocenters. The fourth-order valence-electron chi connectivity index (χ4n) is 6.81. The lowest BCUT2D eigenvalue weighted by Crippen LogP contribution is -2.28. The maximum absolute atomic E-state index is 10.00. The highest BCUT2D eigenvalue weighted by molar-refractivity contribution is 5.91. The van der Waals surface area contributed by atoms with Crippen LogP contribution in [0.3, 0.4) is 0 Å². The number of rotatable bonds is 10. The molecule has 6 aromatic rings. The van der Waals surface area contributed by atoms with Crippen LogP contribution < -0.4 is 10.6 Å². The highest BCUT2D eigenvalue weighted by Gasteiger charge is 2.21. The number of oxazole rings is 1. The van der Waals surface area contributed by atoms with Crippen LogP contribution in [-0.2, 0) is 13.1 Å². The number of aromatic nitrogens is 3. The zero-order chi connectivity index (χ0) is 34.1. The summed E-state index contributed by atoms with van der Waals surface area (Å²) >= 11 is 0. The number of aliphatic hydroxyl groups is 1. The van der Waals surface area contributed by atoms with Crippen LogP contribution in [0.15, 0.2) is 77.5 Å². The number of benzene rings is 3. The summed E-state index contributed by atoms with van der Waals surface area (Å²) < 4.78 is 6.31. The van der Waals surface area contributed by atoms with Gasteiger partial charge in [0.25, 0.3) is 0 Å². The molecule has 0 aliphatic carbocycles. The minimum absolute atomic E-state index is 0.0122. The van der Waals surface area contributed by atoms with Crippen LogP contribution in [0.5, 0.6) is 0 Å². The van der Waals surface area contributed by atoms with Crippen LogP contribution >= 0.6 is 0 Å². The molecule has 0 radical (unpaired) electrons. The number of nitrogens with zero attached hydrogens (tertiary/aromatic N) is 5. The lowest BCUT2D eigenvalue weighted by molar-refractivity contribution is 0.251. The summed E-state index contributed by atoms with van der Waals surface area (Å²) in [6.07, 6.45) is 4.85. The Labute approximate surface area is 286 Å². The van der Waals surface area contributed by atoms with Gasteiger partial charge in [0.2, 0.25) is 5.89 Å². The summed E-state index contributed by atoms with van der Waals surface area (Å²) in [6, 6.07) is 22.8. The van der Waals surface area contributed by atoms with Crippen molar-refractivity contribution in [3.63, 3.8) is 0 Å². The molecule has 248 valence electrons. The van der Waals surface area contributed by atoms with Crippen molar-refractivity contribution in [1.29, 1.82) is 5.26 Å². The van der Waals surface area contributed by atoms with E-state index >= 15 is 0 Å². The summed E-state index contributed by atoms with van der Waals surface area (Å²) in [7, 11) is 0. The molecule has 4 heterocycles. The SMILES string of the molecule is Cc1c(Nc2nccc3cc(CN[C@@H](C)CO)cnc23)cccc1-c1cccc(-c2nc3cc(CN4CC[C@@H](C)C4)cc(C#N)c3o2)c1C. The zero-order valence-electron chi connectivity index (χ0n) is 28.4. The number of hydrogen-bond donors (Lipinski definition) is 3. The highest BCUT2D eigenvalue weighted by Crippen LogP contribution is 2.38. The van der Waals surface area contributed by atoms with E-state index in [1.54, 1.807) is 6.20 Å². The molecule has 3 aromatic heterocycles. The van der Waals surface area contributed by atoms with Crippen molar-refractivity contribution in [3.8, 4) is 28.7 Å². The Morgan fingerprint density at radius 1 is 1.02 bits per heavy atom. The van der Waals surface area contributed by atoms with Crippen LogP contribution in [0.1, 0.15) is 48.1 Å². The molecule has 0 bridgehead atoms. The molecule has 3 N–H and O–H groups in total. The van der Waals surface area contributed by atoms with E-state index in [0.717, 1.165) is 75.2 Å². The number of nitrogens with one attached hydrogen (secondary N) is 2.